The number of fused-ring (bicyclic) bond motifs is 1. The molecule has 4 heterocycles. The van der Waals surface area contributed by atoms with Gasteiger partial charge in [0.1, 0.15) is 17.0 Å². The molecular formula is C17H18N6OS. The largest absolute Gasteiger partial charge is 0.352 e. The predicted molar refractivity (Wildman–Crippen MR) is 97.0 cm³/mol. The van der Waals surface area contributed by atoms with Gasteiger partial charge in [0.2, 0.25) is 0 Å². The van der Waals surface area contributed by atoms with E-state index in [0.29, 0.717) is 24.3 Å². The Morgan fingerprint density at radius 1 is 1.16 bits per heavy atom. The van der Waals surface area contributed by atoms with Gasteiger partial charge >= 0.3 is 0 Å². The number of carbonyl (C=O) groups excluding carboxylic acids is 1. The average molecular weight is 354 g/mol. The SMILES string of the molecule is Cc1cc2c(N3CCN(C(=O)c4ccnnc4C)CC3)ncnc2s1. The maximum absolute atomic E-state index is 12.7. The van der Waals surface area contributed by atoms with Crippen molar-refractivity contribution in [3.8, 4) is 0 Å². The molecule has 8 heteroatoms. The van der Waals surface area contributed by atoms with Crippen LogP contribution in [0.1, 0.15) is 20.9 Å². The van der Waals surface area contributed by atoms with Crippen LogP contribution in [0.3, 0.4) is 0 Å². The molecule has 0 aromatic carbocycles. The van der Waals surface area contributed by atoms with Gasteiger partial charge in [0.25, 0.3) is 5.91 Å². The Balaban J connectivity index is 1.51. The van der Waals surface area contributed by atoms with Gasteiger partial charge < -0.3 is 9.80 Å². The molecule has 0 unspecified atom stereocenters. The Kier molecular flexibility index (Phi) is 4.04. The summed E-state index contributed by atoms with van der Waals surface area (Å²) in [4.78, 5) is 27.9. The van der Waals surface area contributed by atoms with E-state index in [1.807, 2.05) is 11.8 Å². The molecule has 1 fully saturated rings. The van der Waals surface area contributed by atoms with Crippen molar-refractivity contribution in [1.82, 2.24) is 25.1 Å². The van der Waals surface area contributed by atoms with Crippen LogP contribution in [0, 0.1) is 13.8 Å². The lowest BCUT2D eigenvalue weighted by molar-refractivity contribution is 0.0745. The maximum Gasteiger partial charge on any atom is 0.255 e. The molecule has 4 rings (SSSR count). The zero-order valence-corrected chi connectivity index (χ0v) is 15.0. The molecule has 0 bridgehead atoms. The number of anilines is 1. The quantitative estimate of drug-likeness (QED) is 0.701. The van der Waals surface area contributed by atoms with Gasteiger partial charge in [-0.25, -0.2) is 9.97 Å². The van der Waals surface area contributed by atoms with E-state index in [2.05, 4.69) is 38.1 Å². The van der Waals surface area contributed by atoms with E-state index >= 15 is 0 Å². The van der Waals surface area contributed by atoms with Crippen LogP contribution in [0.25, 0.3) is 10.2 Å². The minimum Gasteiger partial charge on any atom is -0.352 e. The van der Waals surface area contributed by atoms with E-state index < -0.39 is 0 Å². The number of rotatable bonds is 2. The summed E-state index contributed by atoms with van der Waals surface area (Å²) in [6.45, 7) is 6.73. The molecule has 0 atom stereocenters. The molecule has 0 radical (unpaired) electrons. The molecule has 3 aromatic rings. The van der Waals surface area contributed by atoms with E-state index in [1.165, 1.54) is 4.88 Å². The van der Waals surface area contributed by atoms with Gasteiger partial charge in [-0.3, -0.25) is 4.79 Å². The Labute approximate surface area is 149 Å². The first-order chi connectivity index (χ1) is 12.1. The van der Waals surface area contributed by atoms with Gasteiger partial charge in [-0.05, 0) is 26.0 Å². The highest BCUT2D eigenvalue weighted by Crippen LogP contribution is 2.30. The number of nitrogens with zero attached hydrogens (tertiary/aromatic N) is 6. The molecule has 25 heavy (non-hydrogen) atoms. The molecule has 0 N–H and O–H groups in total. The molecule has 1 amide bonds. The predicted octanol–water partition coefficient (Wildman–Crippen LogP) is 2.06. The number of piperazine rings is 1. The Morgan fingerprint density at radius 2 is 1.96 bits per heavy atom. The summed E-state index contributed by atoms with van der Waals surface area (Å²) in [5.74, 6) is 0.981. The van der Waals surface area contributed by atoms with Crippen LogP contribution in [-0.4, -0.2) is 57.2 Å². The van der Waals surface area contributed by atoms with E-state index in [0.717, 1.165) is 29.1 Å². The van der Waals surface area contributed by atoms with Crippen LogP contribution in [-0.2, 0) is 0 Å². The second kappa shape index (κ2) is 6.36. The molecule has 1 aliphatic heterocycles. The van der Waals surface area contributed by atoms with Crippen LogP contribution in [0.5, 0.6) is 0 Å². The number of aromatic nitrogens is 4. The normalized spacial score (nSPS) is 15.0. The zero-order valence-electron chi connectivity index (χ0n) is 14.1. The third-order valence-corrected chi connectivity index (χ3v) is 5.39. The van der Waals surface area contributed by atoms with Crippen molar-refractivity contribution in [2.24, 2.45) is 0 Å². The minimum atomic E-state index is 0.0197. The monoisotopic (exact) mass is 354 g/mol. The summed E-state index contributed by atoms with van der Waals surface area (Å²) < 4.78 is 0. The fourth-order valence-electron chi connectivity index (χ4n) is 3.14. The first-order valence-electron chi connectivity index (χ1n) is 8.17. The number of carbonyl (C=O) groups is 1. The van der Waals surface area contributed by atoms with Crippen molar-refractivity contribution < 1.29 is 4.79 Å². The first-order valence-corrected chi connectivity index (χ1v) is 8.99. The van der Waals surface area contributed by atoms with Gasteiger partial charge in [0, 0.05) is 31.1 Å². The van der Waals surface area contributed by atoms with Crippen LogP contribution >= 0.6 is 11.3 Å². The fourth-order valence-corrected chi connectivity index (χ4v) is 3.98. The number of aryl methyl sites for hydroxylation is 2. The second-order valence-corrected chi connectivity index (χ2v) is 7.32. The molecule has 1 aliphatic rings. The van der Waals surface area contributed by atoms with Crippen molar-refractivity contribution in [1.29, 1.82) is 0 Å². The van der Waals surface area contributed by atoms with Crippen LogP contribution in [0.4, 0.5) is 5.82 Å². The molecule has 0 aliphatic carbocycles. The van der Waals surface area contributed by atoms with Crippen molar-refractivity contribution in [2.75, 3.05) is 31.1 Å². The minimum absolute atomic E-state index is 0.0197. The molecule has 1 saturated heterocycles. The van der Waals surface area contributed by atoms with E-state index in [-0.39, 0.29) is 5.91 Å². The van der Waals surface area contributed by atoms with Crippen molar-refractivity contribution >= 4 is 33.3 Å². The van der Waals surface area contributed by atoms with Gasteiger partial charge in [-0.1, -0.05) is 0 Å². The van der Waals surface area contributed by atoms with Crippen molar-refractivity contribution in [3.63, 3.8) is 0 Å². The lowest BCUT2D eigenvalue weighted by Gasteiger charge is -2.35. The number of hydrogen-bond acceptors (Lipinski definition) is 7. The fraction of sp³-hybridized carbons (Fsp3) is 0.353. The van der Waals surface area contributed by atoms with Crippen molar-refractivity contribution in [2.45, 2.75) is 13.8 Å². The van der Waals surface area contributed by atoms with Crippen LogP contribution in [0.2, 0.25) is 0 Å². The first kappa shape index (κ1) is 15.9. The van der Waals surface area contributed by atoms with Gasteiger partial charge in [0.05, 0.1) is 22.8 Å². The van der Waals surface area contributed by atoms with Crippen LogP contribution < -0.4 is 4.90 Å². The molecule has 128 valence electrons. The smallest absolute Gasteiger partial charge is 0.255 e. The molecule has 3 aromatic heterocycles. The third-order valence-electron chi connectivity index (χ3n) is 4.43. The summed E-state index contributed by atoms with van der Waals surface area (Å²) in [6.07, 6.45) is 3.18. The topological polar surface area (TPSA) is 75.1 Å². The summed E-state index contributed by atoms with van der Waals surface area (Å²) in [6, 6.07) is 3.87. The Bertz CT molecular complexity index is 932. The highest BCUT2D eigenvalue weighted by molar-refractivity contribution is 7.18. The summed E-state index contributed by atoms with van der Waals surface area (Å²) >= 11 is 1.68. The van der Waals surface area contributed by atoms with E-state index in [4.69, 9.17) is 0 Å². The van der Waals surface area contributed by atoms with Gasteiger partial charge in [-0.15, -0.1) is 11.3 Å². The van der Waals surface area contributed by atoms with E-state index in [9.17, 15) is 4.79 Å². The number of hydrogen-bond donors (Lipinski definition) is 0. The molecule has 0 saturated carbocycles. The lowest BCUT2D eigenvalue weighted by Crippen LogP contribution is -2.49. The highest BCUT2D eigenvalue weighted by Gasteiger charge is 2.25. The summed E-state index contributed by atoms with van der Waals surface area (Å²) in [5, 5.41) is 8.88. The number of amides is 1. The molecule has 0 spiro atoms. The Hall–Kier alpha value is -2.61. The summed E-state index contributed by atoms with van der Waals surface area (Å²) in [5.41, 5.74) is 1.29. The maximum atomic E-state index is 12.7. The molecule has 7 nitrogen and oxygen atoms in total. The highest BCUT2D eigenvalue weighted by atomic mass is 32.1. The van der Waals surface area contributed by atoms with Gasteiger partial charge in [0.15, 0.2) is 0 Å². The van der Waals surface area contributed by atoms with Crippen molar-refractivity contribution in [3.05, 3.63) is 40.8 Å². The van der Waals surface area contributed by atoms with Gasteiger partial charge in [-0.2, -0.15) is 10.2 Å². The summed E-state index contributed by atoms with van der Waals surface area (Å²) in [7, 11) is 0. The standard InChI is InChI=1S/C17H18N6OS/c1-11-9-14-15(18-10-19-16(14)25-11)22-5-7-23(8-6-22)17(24)13-3-4-20-21-12(13)2/h3-4,9-10H,5-8H2,1-2H3. The zero-order chi connectivity index (χ0) is 17.4. The molecular weight excluding hydrogens is 336 g/mol. The Morgan fingerprint density at radius 3 is 2.72 bits per heavy atom. The lowest BCUT2D eigenvalue weighted by atomic mass is 10.2. The third kappa shape index (κ3) is 2.93. The number of thiophene rings is 1. The average Bonchev–Trinajstić information content (AvgIpc) is 3.02. The van der Waals surface area contributed by atoms with E-state index in [1.54, 1.807) is 29.9 Å². The van der Waals surface area contributed by atoms with Crippen LogP contribution in [0.15, 0.2) is 24.7 Å². The second-order valence-electron chi connectivity index (χ2n) is 6.08.